The molecule has 0 aliphatic rings. The maximum absolute atomic E-state index is 12.5. The Hall–Kier alpha value is -2.96. The van der Waals surface area contributed by atoms with E-state index in [2.05, 4.69) is 9.71 Å². The van der Waals surface area contributed by atoms with Crippen LogP contribution in [0.2, 0.25) is 0 Å². The number of sulfonamides is 2. The number of esters is 1. The van der Waals surface area contributed by atoms with Crippen molar-refractivity contribution < 1.29 is 26.4 Å². The third kappa shape index (κ3) is 5.84. The lowest BCUT2D eigenvalue weighted by Gasteiger charge is -2.10. The number of primary sulfonamides is 1. The van der Waals surface area contributed by atoms with Crippen LogP contribution in [-0.2, 0) is 37.9 Å². The first-order valence-corrected chi connectivity index (χ1v) is 13.2. The summed E-state index contributed by atoms with van der Waals surface area (Å²) in [5.41, 5.74) is 1.55. The van der Waals surface area contributed by atoms with Crippen molar-refractivity contribution in [2.24, 2.45) is 5.14 Å². The molecule has 0 atom stereocenters. The van der Waals surface area contributed by atoms with Gasteiger partial charge in [0.1, 0.15) is 12.4 Å². The fraction of sp³-hybridized carbons (Fsp3) is 0.300. The van der Waals surface area contributed by atoms with Crippen LogP contribution in [0.25, 0.3) is 11.0 Å². The Morgan fingerprint density at radius 1 is 1.16 bits per heavy atom. The summed E-state index contributed by atoms with van der Waals surface area (Å²) in [6, 6.07) is 10.4. The molecular formula is C20H24N4O6S2. The van der Waals surface area contributed by atoms with Crippen LogP contribution >= 0.6 is 0 Å². The van der Waals surface area contributed by atoms with E-state index in [0.29, 0.717) is 23.4 Å². The molecule has 0 fully saturated rings. The van der Waals surface area contributed by atoms with Gasteiger partial charge in [0.2, 0.25) is 20.0 Å². The molecule has 1 aromatic heterocycles. The molecule has 0 bridgehead atoms. The number of carbonyl (C=O) groups excluding carboxylic acids is 1. The number of imidazole rings is 1. The number of carbonyl (C=O) groups is 1. The van der Waals surface area contributed by atoms with Crippen molar-refractivity contribution in [2.75, 3.05) is 11.0 Å². The summed E-state index contributed by atoms with van der Waals surface area (Å²) in [7, 11) is -7.36. The largest absolute Gasteiger partial charge is 0.454 e. The van der Waals surface area contributed by atoms with E-state index < -0.39 is 26.0 Å². The van der Waals surface area contributed by atoms with Crippen LogP contribution < -0.4 is 9.86 Å². The second-order valence-corrected chi connectivity index (χ2v) is 10.6. The second kappa shape index (κ2) is 9.27. The Kier molecular flexibility index (Phi) is 6.86. The van der Waals surface area contributed by atoms with Crippen LogP contribution in [0, 0.1) is 0 Å². The van der Waals surface area contributed by atoms with E-state index >= 15 is 0 Å². The van der Waals surface area contributed by atoms with Crippen LogP contribution in [0.1, 0.15) is 35.9 Å². The van der Waals surface area contributed by atoms with E-state index in [0.717, 1.165) is 19.1 Å². The average Bonchev–Trinajstić information content (AvgIpc) is 3.05. The Bertz CT molecular complexity index is 1360. The number of nitrogens with two attached hydrogens (primary N) is 1. The lowest BCUT2D eigenvalue weighted by molar-refractivity contribution is 0.0458. The first kappa shape index (κ1) is 23.7. The average molecular weight is 481 g/mol. The van der Waals surface area contributed by atoms with Gasteiger partial charge >= 0.3 is 5.97 Å². The first-order chi connectivity index (χ1) is 15.0. The predicted octanol–water partition coefficient (Wildman–Crippen LogP) is 2.21. The lowest BCUT2D eigenvalue weighted by atomic mass is 10.2. The summed E-state index contributed by atoms with van der Waals surface area (Å²) in [5, 5.41) is 5.21. The zero-order valence-electron chi connectivity index (χ0n) is 17.6. The summed E-state index contributed by atoms with van der Waals surface area (Å²) in [5.74, 6) is -0.194. The molecule has 3 aromatic rings. The first-order valence-electron chi connectivity index (χ1n) is 9.75. The number of rotatable bonds is 9. The smallest absolute Gasteiger partial charge is 0.338 e. The van der Waals surface area contributed by atoms with E-state index in [1.165, 1.54) is 36.4 Å². The highest BCUT2D eigenvalue weighted by Gasteiger charge is 2.17. The maximum Gasteiger partial charge on any atom is 0.338 e. The van der Waals surface area contributed by atoms with E-state index in [1.807, 2.05) is 11.5 Å². The fourth-order valence-electron chi connectivity index (χ4n) is 3.15. The van der Waals surface area contributed by atoms with Gasteiger partial charge in [0.25, 0.3) is 0 Å². The summed E-state index contributed by atoms with van der Waals surface area (Å²) < 4.78 is 55.7. The molecule has 3 rings (SSSR count). The van der Waals surface area contributed by atoms with Gasteiger partial charge in [-0.3, -0.25) is 4.72 Å². The van der Waals surface area contributed by atoms with E-state index in [9.17, 15) is 21.6 Å². The maximum atomic E-state index is 12.5. The molecule has 2 aromatic carbocycles. The molecule has 0 aliphatic carbocycles. The van der Waals surface area contributed by atoms with Crippen molar-refractivity contribution in [3.8, 4) is 0 Å². The van der Waals surface area contributed by atoms with Gasteiger partial charge in [0.05, 0.1) is 27.7 Å². The Balaban J connectivity index is 1.86. The third-order valence-corrected chi connectivity index (χ3v) is 6.11. The van der Waals surface area contributed by atoms with Gasteiger partial charge in [-0.2, -0.15) is 0 Å². The van der Waals surface area contributed by atoms with Gasteiger partial charge in [0, 0.05) is 12.2 Å². The van der Waals surface area contributed by atoms with Crippen molar-refractivity contribution in [1.29, 1.82) is 0 Å². The number of ether oxygens (including phenoxy) is 1. The molecule has 172 valence electrons. The number of hydrogen-bond acceptors (Lipinski definition) is 7. The van der Waals surface area contributed by atoms with Gasteiger partial charge in [-0.25, -0.2) is 31.8 Å². The standard InChI is InChI=1S/C20H24N4O6S2/c1-3-4-10-24-18-9-8-16(32(21,28)29)12-17(18)22-19(24)13-30-20(25)14-6-5-7-15(11-14)23-31(2,26)27/h5-9,11-12,23H,3-4,10,13H2,1-2H3,(H2,21,28,29). The molecule has 10 nitrogen and oxygen atoms in total. The van der Waals surface area contributed by atoms with Gasteiger partial charge in [-0.15, -0.1) is 0 Å². The summed E-state index contributed by atoms with van der Waals surface area (Å²) >= 11 is 0. The molecule has 0 unspecified atom stereocenters. The zero-order chi connectivity index (χ0) is 23.5. The lowest BCUT2D eigenvalue weighted by Crippen LogP contribution is -2.12. The topological polar surface area (TPSA) is 150 Å². The van der Waals surface area contributed by atoms with Crippen LogP contribution in [0.4, 0.5) is 5.69 Å². The molecule has 3 N–H and O–H groups in total. The predicted molar refractivity (Wildman–Crippen MR) is 120 cm³/mol. The van der Waals surface area contributed by atoms with E-state index in [4.69, 9.17) is 9.88 Å². The molecule has 12 heteroatoms. The van der Waals surface area contributed by atoms with Crippen LogP contribution in [-0.4, -0.2) is 38.6 Å². The number of unbranched alkanes of at least 4 members (excludes halogenated alkanes) is 1. The van der Waals surface area contributed by atoms with Gasteiger partial charge < -0.3 is 9.30 Å². The zero-order valence-corrected chi connectivity index (χ0v) is 19.2. The summed E-state index contributed by atoms with van der Waals surface area (Å²) in [6.07, 6.45) is 2.79. The van der Waals surface area contributed by atoms with Crippen LogP contribution in [0.15, 0.2) is 47.4 Å². The molecular weight excluding hydrogens is 456 g/mol. The van der Waals surface area contributed by atoms with Gasteiger partial charge in [0.15, 0.2) is 0 Å². The fourth-order valence-corrected chi connectivity index (χ4v) is 4.24. The number of nitrogens with zero attached hydrogens (tertiary/aromatic N) is 2. The van der Waals surface area contributed by atoms with Crippen LogP contribution in [0.3, 0.4) is 0 Å². The molecule has 0 amide bonds. The highest BCUT2D eigenvalue weighted by Crippen LogP contribution is 2.22. The summed E-state index contributed by atoms with van der Waals surface area (Å²) in [6.45, 7) is 2.50. The molecule has 32 heavy (non-hydrogen) atoms. The Morgan fingerprint density at radius 3 is 2.56 bits per heavy atom. The quantitative estimate of drug-likeness (QED) is 0.446. The van der Waals surface area contributed by atoms with Gasteiger partial charge in [-0.1, -0.05) is 19.4 Å². The number of benzene rings is 2. The van der Waals surface area contributed by atoms with Crippen molar-refractivity contribution in [2.45, 2.75) is 37.8 Å². The second-order valence-electron chi connectivity index (χ2n) is 7.26. The van der Waals surface area contributed by atoms with E-state index in [1.54, 1.807) is 6.07 Å². The molecule has 0 spiro atoms. The minimum atomic E-state index is -3.88. The molecule has 0 saturated heterocycles. The van der Waals surface area contributed by atoms with E-state index in [-0.39, 0.29) is 22.8 Å². The van der Waals surface area contributed by atoms with Crippen molar-refractivity contribution in [3.63, 3.8) is 0 Å². The molecule has 0 radical (unpaired) electrons. The Labute approximate surface area is 186 Å². The number of nitrogens with one attached hydrogen (secondary N) is 1. The minimum Gasteiger partial charge on any atom is -0.454 e. The number of aromatic nitrogens is 2. The van der Waals surface area contributed by atoms with Crippen molar-refractivity contribution >= 4 is 42.7 Å². The number of anilines is 1. The third-order valence-electron chi connectivity index (χ3n) is 4.60. The SMILES string of the molecule is CCCCn1c(COC(=O)c2cccc(NS(C)(=O)=O)c2)nc2cc(S(N)(=O)=O)ccc21. The molecule has 0 aliphatic heterocycles. The summed E-state index contributed by atoms with van der Waals surface area (Å²) in [4.78, 5) is 16.9. The molecule has 0 saturated carbocycles. The highest BCUT2D eigenvalue weighted by molar-refractivity contribution is 7.92. The Morgan fingerprint density at radius 2 is 1.91 bits per heavy atom. The number of hydrogen-bond donors (Lipinski definition) is 2. The molecule has 1 heterocycles. The normalized spacial score (nSPS) is 12.1. The monoisotopic (exact) mass is 480 g/mol. The van der Waals surface area contributed by atoms with Crippen LogP contribution in [0.5, 0.6) is 0 Å². The van der Waals surface area contributed by atoms with Crippen molar-refractivity contribution in [1.82, 2.24) is 9.55 Å². The van der Waals surface area contributed by atoms with Gasteiger partial charge in [-0.05, 0) is 42.8 Å². The highest BCUT2D eigenvalue weighted by atomic mass is 32.2. The number of aryl methyl sites for hydroxylation is 1. The van der Waals surface area contributed by atoms with Crippen molar-refractivity contribution in [3.05, 3.63) is 53.9 Å². The minimum absolute atomic E-state index is 0.0520. The number of fused-ring (bicyclic) bond motifs is 1.